The van der Waals surface area contributed by atoms with Gasteiger partial charge in [0.2, 0.25) is 5.95 Å². The third kappa shape index (κ3) is 3.50. The minimum atomic E-state index is -0.227. The molecule has 0 fully saturated rings. The van der Waals surface area contributed by atoms with Crippen LogP contribution in [-0.2, 0) is 0 Å². The van der Waals surface area contributed by atoms with Gasteiger partial charge in [0.25, 0.3) is 0 Å². The fourth-order valence-electron chi connectivity index (χ4n) is 2.77. The largest absolute Gasteiger partial charge is 0.361 e. The number of hydrogen-bond acceptors (Lipinski definition) is 3. The number of H-pyrrole nitrogens is 1. The van der Waals surface area contributed by atoms with E-state index in [0.29, 0.717) is 18.9 Å². The molecule has 5 heteroatoms. The van der Waals surface area contributed by atoms with Gasteiger partial charge < -0.3 is 10.3 Å². The Morgan fingerprint density at radius 1 is 1.08 bits per heavy atom. The van der Waals surface area contributed by atoms with Crippen molar-refractivity contribution in [3.8, 4) is 11.1 Å². The lowest BCUT2D eigenvalue weighted by molar-refractivity contribution is 0.667. The first-order valence-corrected chi connectivity index (χ1v) is 8.13. The Morgan fingerprint density at radius 3 is 2.84 bits per heavy atom. The fraction of sp³-hybridized carbons (Fsp3) is 0.100. The maximum absolute atomic E-state index is 13.1. The first-order valence-electron chi connectivity index (χ1n) is 8.13. The molecular weight excluding hydrogens is 315 g/mol. The van der Waals surface area contributed by atoms with E-state index in [4.69, 9.17) is 0 Å². The van der Waals surface area contributed by atoms with E-state index in [0.717, 1.165) is 27.6 Å². The number of fused-ring (bicyclic) bond motifs is 1. The van der Waals surface area contributed by atoms with Crippen LogP contribution in [0.25, 0.3) is 22.0 Å². The molecule has 1 aliphatic carbocycles. The number of nitrogens with one attached hydrogen (secondary N) is 2. The van der Waals surface area contributed by atoms with Gasteiger partial charge in [0.05, 0.1) is 0 Å². The van der Waals surface area contributed by atoms with E-state index in [1.807, 2.05) is 36.8 Å². The highest BCUT2D eigenvalue weighted by Crippen LogP contribution is 2.23. The van der Waals surface area contributed by atoms with E-state index in [2.05, 4.69) is 32.4 Å². The molecule has 1 aliphatic rings. The number of nitrogens with zero attached hydrogens (tertiary/aromatic N) is 2. The van der Waals surface area contributed by atoms with Crippen molar-refractivity contribution in [1.82, 2.24) is 15.0 Å². The standard InChI is InChI=1S/C20H17FN4/c21-18-3-1-2-14(4-6-18)11-23-20-24-12-17(13-25-20)15-5-7-19-16(10-15)8-9-22-19/h1,3-10,12-13,22H,2,11H2,(H,23,24,25). The van der Waals surface area contributed by atoms with E-state index in [-0.39, 0.29) is 5.83 Å². The molecule has 2 aromatic heterocycles. The second kappa shape index (κ2) is 6.73. The Balaban J connectivity index is 1.45. The second-order valence-corrected chi connectivity index (χ2v) is 5.91. The molecule has 0 aliphatic heterocycles. The summed E-state index contributed by atoms with van der Waals surface area (Å²) in [6.07, 6.45) is 12.8. The number of halogens is 1. The average molecular weight is 332 g/mol. The van der Waals surface area contributed by atoms with Crippen molar-refractivity contribution in [1.29, 1.82) is 0 Å². The van der Waals surface area contributed by atoms with E-state index in [9.17, 15) is 4.39 Å². The van der Waals surface area contributed by atoms with Crippen LogP contribution in [0.3, 0.4) is 0 Å². The molecule has 124 valence electrons. The van der Waals surface area contributed by atoms with Crippen LogP contribution >= 0.6 is 0 Å². The zero-order valence-corrected chi connectivity index (χ0v) is 13.5. The number of anilines is 1. The van der Waals surface area contributed by atoms with Crippen molar-refractivity contribution in [3.63, 3.8) is 0 Å². The maximum Gasteiger partial charge on any atom is 0.222 e. The Hall–Kier alpha value is -3.21. The number of benzene rings is 1. The Morgan fingerprint density at radius 2 is 1.96 bits per heavy atom. The molecule has 2 N–H and O–H groups in total. The van der Waals surface area contributed by atoms with Crippen LogP contribution in [0, 0.1) is 0 Å². The topological polar surface area (TPSA) is 53.6 Å². The monoisotopic (exact) mass is 332 g/mol. The minimum Gasteiger partial charge on any atom is -0.361 e. The molecule has 0 unspecified atom stereocenters. The summed E-state index contributed by atoms with van der Waals surface area (Å²) in [5.41, 5.74) is 4.24. The fourth-order valence-corrected chi connectivity index (χ4v) is 2.77. The molecule has 0 atom stereocenters. The summed E-state index contributed by atoms with van der Waals surface area (Å²) in [5, 5.41) is 4.34. The van der Waals surface area contributed by atoms with Crippen molar-refractivity contribution in [3.05, 3.63) is 78.6 Å². The van der Waals surface area contributed by atoms with E-state index < -0.39 is 0 Å². The predicted octanol–water partition coefficient (Wildman–Crippen LogP) is 4.78. The van der Waals surface area contributed by atoms with Gasteiger partial charge in [-0.3, -0.25) is 0 Å². The SMILES string of the molecule is FC1=CC=C(CNc2ncc(-c3ccc4[nH]ccc4c3)cn2)CC=C1. The summed E-state index contributed by atoms with van der Waals surface area (Å²) >= 11 is 0. The third-order valence-electron chi connectivity index (χ3n) is 4.15. The molecule has 4 rings (SSSR count). The molecule has 3 aromatic rings. The molecule has 1 aromatic carbocycles. The van der Waals surface area contributed by atoms with E-state index in [1.54, 1.807) is 6.08 Å². The summed E-state index contributed by atoms with van der Waals surface area (Å²) in [6.45, 7) is 0.586. The van der Waals surface area contributed by atoms with Crippen LogP contribution in [0.5, 0.6) is 0 Å². The Labute approximate surface area is 144 Å². The van der Waals surface area contributed by atoms with Gasteiger partial charge in [-0.05, 0) is 53.3 Å². The molecule has 0 saturated carbocycles. The number of allylic oxidation sites excluding steroid dienone is 5. The van der Waals surface area contributed by atoms with Crippen molar-refractivity contribution in [2.45, 2.75) is 6.42 Å². The highest BCUT2D eigenvalue weighted by molar-refractivity contribution is 5.84. The molecule has 2 heterocycles. The molecular formula is C20H17FN4. The Bertz CT molecular complexity index is 980. The molecule has 0 saturated heterocycles. The molecule has 0 bridgehead atoms. The molecule has 0 spiro atoms. The van der Waals surface area contributed by atoms with Gasteiger partial charge in [0.1, 0.15) is 5.83 Å². The summed E-state index contributed by atoms with van der Waals surface area (Å²) < 4.78 is 13.1. The van der Waals surface area contributed by atoms with E-state index >= 15 is 0 Å². The van der Waals surface area contributed by atoms with Crippen molar-refractivity contribution >= 4 is 16.9 Å². The van der Waals surface area contributed by atoms with Gasteiger partial charge >= 0.3 is 0 Å². The van der Waals surface area contributed by atoms with Crippen molar-refractivity contribution in [2.24, 2.45) is 0 Å². The van der Waals surface area contributed by atoms with Crippen LogP contribution in [0.1, 0.15) is 6.42 Å². The summed E-state index contributed by atoms with van der Waals surface area (Å²) in [7, 11) is 0. The lowest BCUT2D eigenvalue weighted by atomic mass is 10.1. The average Bonchev–Trinajstić information content (AvgIpc) is 3.02. The van der Waals surface area contributed by atoms with Crippen LogP contribution in [0.15, 0.2) is 78.6 Å². The quantitative estimate of drug-likeness (QED) is 0.723. The number of aromatic nitrogens is 3. The molecule has 25 heavy (non-hydrogen) atoms. The van der Waals surface area contributed by atoms with Crippen molar-refractivity contribution in [2.75, 3.05) is 11.9 Å². The van der Waals surface area contributed by atoms with E-state index in [1.165, 1.54) is 12.2 Å². The lowest BCUT2D eigenvalue weighted by Crippen LogP contribution is -2.07. The van der Waals surface area contributed by atoms with Crippen molar-refractivity contribution < 1.29 is 4.39 Å². The first kappa shape index (κ1) is 15.3. The van der Waals surface area contributed by atoms with Gasteiger partial charge in [0, 0.05) is 36.2 Å². The van der Waals surface area contributed by atoms with Gasteiger partial charge in [-0.15, -0.1) is 0 Å². The normalized spacial score (nSPS) is 14.1. The maximum atomic E-state index is 13.1. The zero-order valence-electron chi connectivity index (χ0n) is 13.5. The first-order chi connectivity index (χ1) is 12.3. The predicted molar refractivity (Wildman–Crippen MR) is 98.8 cm³/mol. The van der Waals surface area contributed by atoms with Crippen LogP contribution in [-0.4, -0.2) is 21.5 Å². The smallest absolute Gasteiger partial charge is 0.222 e. The second-order valence-electron chi connectivity index (χ2n) is 5.91. The summed E-state index contributed by atoms with van der Waals surface area (Å²) in [4.78, 5) is 11.9. The number of rotatable bonds is 4. The van der Waals surface area contributed by atoms with Gasteiger partial charge in [-0.2, -0.15) is 0 Å². The van der Waals surface area contributed by atoms with Crippen LogP contribution in [0.2, 0.25) is 0 Å². The molecule has 0 radical (unpaired) electrons. The molecule has 0 amide bonds. The van der Waals surface area contributed by atoms with Crippen LogP contribution < -0.4 is 5.32 Å². The highest BCUT2D eigenvalue weighted by atomic mass is 19.1. The zero-order chi connectivity index (χ0) is 17.1. The van der Waals surface area contributed by atoms with Gasteiger partial charge in [-0.1, -0.05) is 18.2 Å². The van der Waals surface area contributed by atoms with Gasteiger partial charge in [0.15, 0.2) is 0 Å². The molecule has 4 nitrogen and oxygen atoms in total. The minimum absolute atomic E-state index is 0.227. The highest BCUT2D eigenvalue weighted by Gasteiger charge is 2.04. The Kier molecular flexibility index (Phi) is 4.12. The number of hydrogen-bond donors (Lipinski definition) is 2. The third-order valence-corrected chi connectivity index (χ3v) is 4.15. The summed E-state index contributed by atoms with van der Waals surface area (Å²) in [5.74, 6) is 0.333. The lowest BCUT2D eigenvalue weighted by Gasteiger charge is -2.07. The van der Waals surface area contributed by atoms with Crippen LogP contribution in [0.4, 0.5) is 10.3 Å². The summed E-state index contributed by atoms with van der Waals surface area (Å²) in [6, 6.07) is 8.26. The van der Waals surface area contributed by atoms with Gasteiger partial charge in [-0.25, -0.2) is 14.4 Å². The number of aromatic amines is 1.